The summed E-state index contributed by atoms with van der Waals surface area (Å²) in [6, 6.07) is 11.0. The molecule has 2 heterocycles. The van der Waals surface area contributed by atoms with Crippen LogP contribution in [-0.2, 0) is 19.2 Å². The van der Waals surface area contributed by atoms with E-state index >= 15 is 0 Å². The molecule has 0 fully saturated rings. The highest BCUT2D eigenvalue weighted by atomic mass is 16.2. The number of hydrogen-bond acceptors (Lipinski definition) is 5. The molecule has 0 aromatic heterocycles. The van der Waals surface area contributed by atoms with Crippen molar-refractivity contribution in [3.63, 3.8) is 0 Å². The van der Waals surface area contributed by atoms with E-state index in [0.717, 1.165) is 24.0 Å². The van der Waals surface area contributed by atoms with E-state index in [4.69, 9.17) is 0 Å². The molecule has 0 saturated carbocycles. The molecule has 2 aliphatic carbocycles. The van der Waals surface area contributed by atoms with Crippen LogP contribution in [0.2, 0.25) is 0 Å². The van der Waals surface area contributed by atoms with Gasteiger partial charge in [-0.25, -0.2) is 9.80 Å². The van der Waals surface area contributed by atoms with Gasteiger partial charge < -0.3 is 5.32 Å². The number of amides is 4. The molecule has 1 N–H and O–H groups in total. The minimum absolute atomic E-state index is 0.265. The number of anilines is 4. The Morgan fingerprint density at radius 3 is 1.46 bits per heavy atom. The molecule has 37 heavy (non-hydrogen) atoms. The lowest BCUT2D eigenvalue weighted by Gasteiger charge is -2.21. The third-order valence-electron chi connectivity index (χ3n) is 7.32. The van der Waals surface area contributed by atoms with Gasteiger partial charge in [-0.1, -0.05) is 36.4 Å². The fraction of sp³-hybridized carbons (Fsp3) is 0.200. The van der Waals surface area contributed by atoms with Crippen molar-refractivity contribution in [1.82, 2.24) is 0 Å². The number of carbonyl (C=O) groups excluding carboxylic acids is 4. The Labute approximate surface area is 214 Å². The average Bonchev–Trinajstić information content (AvgIpc) is 3.31. The first-order chi connectivity index (χ1) is 17.8. The van der Waals surface area contributed by atoms with Crippen LogP contribution in [0.1, 0.15) is 36.8 Å². The van der Waals surface area contributed by atoms with Gasteiger partial charge in [-0.3, -0.25) is 19.2 Å². The molecule has 0 unspecified atom stereocenters. The summed E-state index contributed by atoms with van der Waals surface area (Å²) >= 11 is 0. The van der Waals surface area contributed by atoms with E-state index in [1.54, 1.807) is 24.3 Å². The Hall–Kier alpha value is -4.52. The largest absolute Gasteiger partial charge is 0.355 e. The molecule has 0 radical (unpaired) electrons. The van der Waals surface area contributed by atoms with Crippen molar-refractivity contribution in [2.45, 2.75) is 39.5 Å². The number of aryl methyl sites for hydroxylation is 2. The highest BCUT2D eigenvalue weighted by molar-refractivity contribution is 6.35. The second kappa shape index (κ2) is 8.55. The van der Waals surface area contributed by atoms with Crippen molar-refractivity contribution in [3.8, 4) is 0 Å². The van der Waals surface area contributed by atoms with E-state index in [2.05, 4.69) is 5.32 Å². The second-order valence-electron chi connectivity index (χ2n) is 9.69. The molecule has 4 amide bonds. The molecular weight excluding hydrogens is 466 g/mol. The van der Waals surface area contributed by atoms with Gasteiger partial charge in [0.15, 0.2) is 0 Å². The maximum absolute atomic E-state index is 13.1. The zero-order valence-electron chi connectivity index (χ0n) is 20.6. The molecule has 7 nitrogen and oxygen atoms in total. The summed E-state index contributed by atoms with van der Waals surface area (Å²) in [5, 5.41) is 3.32. The van der Waals surface area contributed by atoms with Crippen LogP contribution in [0.4, 0.5) is 22.7 Å². The number of benzene rings is 2. The monoisotopic (exact) mass is 491 g/mol. The summed E-state index contributed by atoms with van der Waals surface area (Å²) in [6.45, 7) is 3.73. The van der Waals surface area contributed by atoms with Crippen LogP contribution in [0.15, 0.2) is 83.0 Å². The number of nitrogens with zero attached hydrogens (tertiary/aromatic N) is 2. The highest BCUT2D eigenvalue weighted by Gasteiger charge is 2.40. The first kappa shape index (κ1) is 22.9. The lowest BCUT2D eigenvalue weighted by molar-refractivity contribution is -0.122. The lowest BCUT2D eigenvalue weighted by Crippen LogP contribution is -2.32. The zero-order valence-corrected chi connectivity index (χ0v) is 20.6. The van der Waals surface area contributed by atoms with Gasteiger partial charge in [0, 0.05) is 33.7 Å². The number of nitrogens with one attached hydrogen (secondary N) is 1. The number of imide groups is 2. The molecule has 0 bridgehead atoms. The first-order valence-electron chi connectivity index (χ1n) is 12.4. The van der Waals surface area contributed by atoms with Crippen LogP contribution < -0.4 is 15.1 Å². The Morgan fingerprint density at radius 1 is 0.622 bits per heavy atom. The zero-order chi connectivity index (χ0) is 25.8. The SMILES string of the molecule is Cc1ccc(Nc2ccc(C)c(N3C(=O)C4=C(CCC=C4)C3=O)c2)cc1N1C(=O)C2=C(CCC=C2)C1=O. The summed E-state index contributed by atoms with van der Waals surface area (Å²) in [7, 11) is 0. The Bertz CT molecular complexity index is 1440. The van der Waals surface area contributed by atoms with Crippen molar-refractivity contribution < 1.29 is 19.2 Å². The van der Waals surface area contributed by atoms with E-state index in [1.807, 2.05) is 50.3 Å². The molecule has 0 spiro atoms. The quantitative estimate of drug-likeness (QED) is 0.603. The van der Waals surface area contributed by atoms with Gasteiger partial charge in [0.2, 0.25) is 0 Å². The molecule has 2 aliphatic heterocycles. The smallest absolute Gasteiger partial charge is 0.265 e. The number of hydrogen-bond donors (Lipinski definition) is 1. The van der Waals surface area contributed by atoms with Gasteiger partial charge in [0.05, 0.1) is 11.4 Å². The van der Waals surface area contributed by atoms with E-state index in [9.17, 15) is 19.2 Å². The maximum Gasteiger partial charge on any atom is 0.265 e. The van der Waals surface area contributed by atoms with Gasteiger partial charge in [-0.2, -0.15) is 0 Å². The minimum Gasteiger partial charge on any atom is -0.355 e. The predicted octanol–water partition coefficient (Wildman–Crippen LogP) is 5.09. The molecule has 4 aliphatic rings. The molecule has 0 atom stereocenters. The van der Waals surface area contributed by atoms with Gasteiger partial charge in [0.1, 0.15) is 0 Å². The van der Waals surface area contributed by atoms with Crippen molar-refractivity contribution >= 4 is 46.4 Å². The third kappa shape index (κ3) is 3.57. The third-order valence-corrected chi connectivity index (χ3v) is 7.32. The molecule has 2 aromatic rings. The van der Waals surface area contributed by atoms with Gasteiger partial charge in [-0.15, -0.1) is 0 Å². The van der Waals surface area contributed by atoms with Gasteiger partial charge in [0.25, 0.3) is 23.6 Å². The molecule has 0 saturated heterocycles. The van der Waals surface area contributed by atoms with Crippen molar-refractivity contribution in [1.29, 1.82) is 0 Å². The van der Waals surface area contributed by atoms with Crippen LogP contribution in [0.5, 0.6) is 0 Å². The normalized spacial score (nSPS) is 18.9. The molecular formula is C30H25N3O4. The Kier molecular flexibility index (Phi) is 5.30. The molecule has 7 heteroatoms. The van der Waals surface area contributed by atoms with Crippen molar-refractivity contribution in [2.75, 3.05) is 15.1 Å². The standard InChI is InChI=1S/C30H25N3O4/c1-17-11-13-19(15-25(17)32-27(34)21-7-3-4-8-22(21)28(32)35)31-20-14-12-18(2)26(16-20)33-29(36)23-9-5-6-10-24(23)30(33)37/h3,5,7,9,11-16,31H,4,6,8,10H2,1-2H3. The second-order valence-corrected chi connectivity index (χ2v) is 9.69. The van der Waals surface area contributed by atoms with E-state index in [1.165, 1.54) is 9.80 Å². The van der Waals surface area contributed by atoms with E-state index in [0.29, 0.717) is 57.9 Å². The van der Waals surface area contributed by atoms with Crippen LogP contribution in [0, 0.1) is 13.8 Å². The fourth-order valence-corrected chi connectivity index (χ4v) is 5.33. The van der Waals surface area contributed by atoms with Crippen LogP contribution in [-0.4, -0.2) is 23.6 Å². The van der Waals surface area contributed by atoms with Crippen molar-refractivity contribution in [2.24, 2.45) is 0 Å². The molecule has 184 valence electrons. The highest BCUT2D eigenvalue weighted by Crippen LogP contribution is 2.38. The first-order valence-corrected chi connectivity index (χ1v) is 12.4. The van der Waals surface area contributed by atoms with Gasteiger partial charge in [-0.05, 0) is 74.9 Å². The summed E-state index contributed by atoms with van der Waals surface area (Å²) < 4.78 is 0. The summed E-state index contributed by atoms with van der Waals surface area (Å²) in [6.07, 6.45) is 9.96. The predicted molar refractivity (Wildman–Crippen MR) is 141 cm³/mol. The van der Waals surface area contributed by atoms with Crippen molar-refractivity contribution in [3.05, 3.63) is 94.1 Å². The van der Waals surface area contributed by atoms with Crippen LogP contribution in [0.25, 0.3) is 0 Å². The van der Waals surface area contributed by atoms with E-state index in [-0.39, 0.29) is 23.6 Å². The molecule has 2 aromatic carbocycles. The van der Waals surface area contributed by atoms with E-state index < -0.39 is 0 Å². The Morgan fingerprint density at radius 2 is 1.05 bits per heavy atom. The number of allylic oxidation sites excluding steroid dienone is 2. The maximum atomic E-state index is 13.1. The van der Waals surface area contributed by atoms with Crippen LogP contribution >= 0.6 is 0 Å². The summed E-state index contributed by atoms with van der Waals surface area (Å²) in [5.74, 6) is -1.13. The number of carbonyl (C=O) groups is 4. The number of rotatable bonds is 4. The topological polar surface area (TPSA) is 86.8 Å². The lowest BCUT2D eigenvalue weighted by atomic mass is 10.00. The average molecular weight is 492 g/mol. The summed E-state index contributed by atoms with van der Waals surface area (Å²) in [5.41, 5.74) is 6.11. The van der Waals surface area contributed by atoms with Crippen LogP contribution in [0.3, 0.4) is 0 Å². The minimum atomic E-state index is -0.301. The fourth-order valence-electron chi connectivity index (χ4n) is 5.33. The van der Waals surface area contributed by atoms with Gasteiger partial charge >= 0.3 is 0 Å². The Balaban J connectivity index is 1.30. The molecule has 6 rings (SSSR count). The summed E-state index contributed by atoms with van der Waals surface area (Å²) in [4.78, 5) is 54.8.